The smallest absolute Gasteiger partial charge is 0.0303 e. The van der Waals surface area contributed by atoms with Crippen LogP contribution in [-0.4, -0.2) is 0 Å². The molecular weight excluding hydrogens is 238 g/mol. The van der Waals surface area contributed by atoms with Gasteiger partial charge in [-0.2, -0.15) is 11.3 Å². The lowest BCUT2D eigenvalue weighted by Gasteiger charge is -2.12. The topological polar surface area (TPSA) is 12.0 Å². The van der Waals surface area contributed by atoms with Crippen molar-refractivity contribution < 1.29 is 0 Å². The van der Waals surface area contributed by atoms with Gasteiger partial charge < -0.3 is 5.32 Å². The summed E-state index contributed by atoms with van der Waals surface area (Å²) in [6.07, 6.45) is 2.76. The zero-order chi connectivity index (χ0) is 12.4. The highest BCUT2D eigenvalue weighted by atomic mass is 32.1. The van der Waals surface area contributed by atoms with Gasteiger partial charge in [0.15, 0.2) is 0 Å². The molecule has 0 spiro atoms. The van der Waals surface area contributed by atoms with Gasteiger partial charge in [-0.3, -0.25) is 0 Å². The Morgan fingerprint density at radius 2 is 2.00 bits per heavy atom. The van der Waals surface area contributed by atoms with Gasteiger partial charge in [-0.05, 0) is 59.2 Å². The molecule has 0 saturated heterocycles. The molecule has 1 saturated carbocycles. The average molecular weight is 257 g/mol. The number of hydrogen-bond acceptors (Lipinski definition) is 2. The molecule has 3 rings (SSSR count). The van der Waals surface area contributed by atoms with E-state index in [2.05, 4.69) is 53.3 Å². The lowest BCUT2D eigenvalue weighted by atomic mass is 10.1. The summed E-state index contributed by atoms with van der Waals surface area (Å²) in [5.41, 5.74) is 4.28. The van der Waals surface area contributed by atoms with Crippen LogP contribution < -0.4 is 5.32 Å². The Hall–Kier alpha value is -1.12. The highest BCUT2D eigenvalue weighted by Gasteiger charge is 2.22. The van der Waals surface area contributed by atoms with Gasteiger partial charge in [-0.1, -0.05) is 24.3 Å². The fraction of sp³-hybridized carbons (Fsp3) is 0.375. The van der Waals surface area contributed by atoms with Crippen molar-refractivity contribution in [3.8, 4) is 0 Å². The van der Waals surface area contributed by atoms with E-state index in [0.717, 1.165) is 12.5 Å². The van der Waals surface area contributed by atoms with Crippen LogP contribution in [0, 0.1) is 0 Å². The molecule has 2 heteroatoms. The number of nitrogens with one attached hydrogen (secondary N) is 1. The normalized spacial score (nSPS) is 16.7. The zero-order valence-corrected chi connectivity index (χ0v) is 11.5. The van der Waals surface area contributed by atoms with Crippen LogP contribution in [0.4, 0.5) is 0 Å². The van der Waals surface area contributed by atoms with Gasteiger partial charge in [0.2, 0.25) is 0 Å². The molecule has 0 aliphatic heterocycles. The maximum absolute atomic E-state index is 3.57. The van der Waals surface area contributed by atoms with E-state index in [-0.39, 0.29) is 0 Å². The van der Waals surface area contributed by atoms with Gasteiger partial charge in [-0.15, -0.1) is 0 Å². The molecule has 18 heavy (non-hydrogen) atoms. The Kier molecular flexibility index (Phi) is 3.48. The van der Waals surface area contributed by atoms with Crippen LogP contribution >= 0.6 is 11.3 Å². The average Bonchev–Trinajstić information content (AvgIpc) is 3.11. The minimum atomic E-state index is 0.430. The van der Waals surface area contributed by atoms with Crippen LogP contribution in [0.1, 0.15) is 48.4 Å². The summed E-state index contributed by atoms with van der Waals surface area (Å²) in [5.74, 6) is 0.858. The van der Waals surface area contributed by atoms with E-state index < -0.39 is 0 Å². The molecule has 0 radical (unpaired) electrons. The van der Waals surface area contributed by atoms with Crippen molar-refractivity contribution in [2.45, 2.75) is 38.3 Å². The molecule has 1 N–H and O–H groups in total. The summed E-state index contributed by atoms with van der Waals surface area (Å²) in [4.78, 5) is 0. The number of rotatable bonds is 5. The molecule has 1 aromatic heterocycles. The fourth-order valence-electron chi connectivity index (χ4n) is 2.23. The summed E-state index contributed by atoms with van der Waals surface area (Å²) in [7, 11) is 0. The highest BCUT2D eigenvalue weighted by molar-refractivity contribution is 7.07. The van der Waals surface area contributed by atoms with Gasteiger partial charge in [-0.25, -0.2) is 0 Å². The SMILES string of the molecule is CC(NCc1ccc(C2CC2)cc1)c1ccsc1. The first-order valence-electron chi connectivity index (χ1n) is 6.67. The first-order valence-corrected chi connectivity index (χ1v) is 7.61. The third-order valence-electron chi connectivity index (χ3n) is 3.68. The van der Waals surface area contributed by atoms with Gasteiger partial charge in [0.25, 0.3) is 0 Å². The molecule has 0 bridgehead atoms. The van der Waals surface area contributed by atoms with Gasteiger partial charge in [0, 0.05) is 12.6 Å². The van der Waals surface area contributed by atoms with Crippen LogP contribution in [0.3, 0.4) is 0 Å². The molecular formula is C16H19NS. The van der Waals surface area contributed by atoms with Crippen LogP contribution in [0.2, 0.25) is 0 Å². The van der Waals surface area contributed by atoms with Gasteiger partial charge >= 0.3 is 0 Å². The molecule has 1 aromatic carbocycles. The van der Waals surface area contributed by atoms with Crippen molar-refractivity contribution in [1.29, 1.82) is 0 Å². The Morgan fingerprint density at radius 3 is 2.61 bits per heavy atom. The molecule has 1 aliphatic rings. The number of thiophene rings is 1. The van der Waals surface area contributed by atoms with Gasteiger partial charge in [0.1, 0.15) is 0 Å². The van der Waals surface area contributed by atoms with Crippen molar-refractivity contribution in [2.24, 2.45) is 0 Å². The van der Waals surface area contributed by atoms with Crippen molar-refractivity contribution >= 4 is 11.3 Å². The molecule has 1 unspecified atom stereocenters. The molecule has 1 nitrogen and oxygen atoms in total. The van der Waals surface area contributed by atoms with Crippen molar-refractivity contribution in [3.05, 3.63) is 57.8 Å². The third-order valence-corrected chi connectivity index (χ3v) is 4.39. The lowest BCUT2D eigenvalue weighted by Crippen LogP contribution is -2.17. The van der Waals surface area contributed by atoms with Gasteiger partial charge in [0.05, 0.1) is 0 Å². The first kappa shape index (κ1) is 11.9. The summed E-state index contributed by atoms with van der Waals surface area (Å²) in [6.45, 7) is 3.17. The summed E-state index contributed by atoms with van der Waals surface area (Å²) in [6, 6.07) is 11.7. The first-order chi connectivity index (χ1) is 8.83. The van der Waals surface area contributed by atoms with Crippen molar-refractivity contribution in [1.82, 2.24) is 5.32 Å². The monoisotopic (exact) mass is 257 g/mol. The molecule has 0 amide bonds. The van der Waals surface area contributed by atoms with E-state index in [4.69, 9.17) is 0 Å². The molecule has 2 aromatic rings. The zero-order valence-electron chi connectivity index (χ0n) is 10.7. The third kappa shape index (κ3) is 2.82. The van der Waals surface area contributed by atoms with Crippen LogP contribution in [0.5, 0.6) is 0 Å². The second kappa shape index (κ2) is 5.25. The van der Waals surface area contributed by atoms with E-state index in [1.54, 1.807) is 11.3 Å². The maximum atomic E-state index is 3.57. The van der Waals surface area contributed by atoms with Crippen LogP contribution in [0.25, 0.3) is 0 Å². The summed E-state index contributed by atoms with van der Waals surface area (Å²) in [5, 5.41) is 7.93. The van der Waals surface area contributed by atoms with E-state index in [1.807, 2.05) is 0 Å². The Balaban J connectivity index is 1.56. The number of benzene rings is 1. The predicted octanol–water partition coefficient (Wildman–Crippen LogP) is 4.48. The largest absolute Gasteiger partial charge is 0.306 e. The Labute approximate surface area is 113 Å². The summed E-state index contributed by atoms with van der Waals surface area (Å²) < 4.78 is 0. The minimum Gasteiger partial charge on any atom is -0.306 e. The van der Waals surface area contributed by atoms with Crippen LogP contribution in [-0.2, 0) is 6.54 Å². The van der Waals surface area contributed by atoms with E-state index >= 15 is 0 Å². The van der Waals surface area contributed by atoms with Crippen molar-refractivity contribution in [2.75, 3.05) is 0 Å². The summed E-state index contributed by atoms with van der Waals surface area (Å²) >= 11 is 1.76. The number of hydrogen-bond donors (Lipinski definition) is 1. The maximum Gasteiger partial charge on any atom is 0.0303 e. The van der Waals surface area contributed by atoms with E-state index in [9.17, 15) is 0 Å². The lowest BCUT2D eigenvalue weighted by molar-refractivity contribution is 0.576. The Bertz CT molecular complexity index is 482. The Morgan fingerprint density at radius 1 is 1.22 bits per heavy atom. The molecule has 1 atom stereocenters. The molecule has 94 valence electrons. The second-order valence-corrected chi connectivity index (χ2v) is 5.96. The molecule has 1 fully saturated rings. The van der Waals surface area contributed by atoms with Crippen LogP contribution in [0.15, 0.2) is 41.1 Å². The minimum absolute atomic E-state index is 0.430. The quantitative estimate of drug-likeness (QED) is 0.833. The van der Waals surface area contributed by atoms with E-state index in [0.29, 0.717) is 6.04 Å². The fourth-order valence-corrected chi connectivity index (χ4v) is 2.99. The second-order valence-electron chi connectivity index (χ2n) is 5.18. The standard InChI is InChI=1S/C16H19NS/c1-12(16-8-9-18-11-16)17-10-13-2-4-14(5-3-13)15-6-7-15/h2-5,8-9,11-12,15,17H,6-7,10H2,1H3. The molecule has 1 aliphatic carbocycles. The molecule has 1 heterocycles. The van der Waals surface area contributed by atoms with E-state index in [1.165, 1.54) is 29.5 Å². The highest BCUT2D eigenvalue weighted by Crippen LogP contribution is 2.39. The van der Waals surface area contributed by atoms with Crippen molar-refractivity contribution in [3.63, 3.8) is 0 Å². The predicted molar refractivity (Wildman–Crippen MR) is 78.0 cm³/mol.